The van der Waals surface area contributed by atoms with E-state index in [9.17, 15) is 9.59 Å². The lowest BCUT2D eigenvalue weighted by Gasteiger charge is -2.22. The van der Waals surface area contributed by atoms with Gasteiger partial charge >= 0.3 is 0 Å². The average molecular weight is 173 g/mol. The first-order chi connectivity index (χ1) is 5.24. The van der Waals surface area contributed by atoms with Crippen LogP contribution in [0.4, 0.5) is 0 Å². The average Bonchev–Trinajstić information content (AvgIpc) is 1.94. The second-order valence-corrected chi connectivity index (χ2v) is 3.48. The van der Waals surface area contributed by atoms with Gasteiger partial charge in [0.1, 0.15) is 5.78 Å². The Labute approximate surface area is 69.9 Å². The molecule has 0 aromatic heterocycles. The molecule has 1 rings (SSSR count). The molecule has 0 aliphatic heterocycles. The minimum atomic E-state index is -0.0327. The molecule has 4 heteroatoms. The monoisotopic (exact) mass is 173 g/mol. The Kier molecular flexibility index (Phi) is 2.93. The van der Waals surface area contributed by atoms with E-state index in [1.54, 1.807) is 11.8 Å². The molecule has 1 amide bonds. The molecular formula is C7H11NO2S. The molecular weight excluding hydrogens is 162 g/mol. The Morgan fingerprint density at radius 3 is 2.82 bits per heavy atom. The molecule has 0 saturated heterocycles. The van der Waals surface area contributed by atoms with Crippen LogP contribution < -0.4 is 5.32 Å². The van der Waals surface area contributed by atoms with Crippen LogP contribution in [0, 0.1) is 5.92 Å². The molecule has 0 bridgehead atoms. The summed E-state index contributed by atoms with van der Waals surface area (Å²) < 4.78 is 0. The SMILES string of the molecule is CSCNC(=O)C1CC(=O)C1. The normalized spacial score (nSPS) is 17.7. The standard InChI is InChI=1S/C7H11NO2S/c1-11-4-8-7(10)5-2-6(9)3-5/h5H,2-4H2,1H3,(H,8,10). The van der Waals surface area contributed by atoms with Gasteiger partial charge in [-0.2, -0.15) is 0 Å². The third-order valence-corrected chi connectivity index (χ3v) is 2.14. The van der Waals surface area contributed by atoms with Crippen molar-refractivity contribution in [3.63, 3.8) is 0 Å². The number of ketones is 1. The van der Waals surface area contributed by atoms with Gasteiger partial charge in [0.05, 0.1) is 11.8 Å². The first kappa shape index (κ1) is 8.59. The van der Waals surface area contributed by atoms with Crippen LogP contribution in [0.2, 0.25) is 0 Å². The number of nitrogens with one attached hydrogen (secondary N) is 1. The number of rotatable bonds is 3. The summed E-state index contributed by atoms with van der Waals surface area (Å²) in [5.41, 5.74) is 0. The lowest BCUT2D eigenvalue weighted by atomic mass is 9.83. The summed E-state index contributed by atoms with van der Waals surface area (Å²) in [5.74, 6) is 0.840. The molecule has 62 valence electrons. The minimum absolute atomic E-state index is 0.0268. The number of amides is 1. The molecule has 1 aliphatic carbocycles. The lowest BCUT2D eigenvalue weighted by Crippen LogP contribution is -2.38. The van der Waals surface area contributed by atoms with Gasteiger partial charge in [0.15, 0.2) is 0 Å². The summed E-state index contributed by atoms with van der Waals surface area (Å²) in [5, 5.41) is 2.73. The van der Waals surface area contributed by atoms with Gasteiger partial charge < -0.3 is 5.32 Å². The van der Waals surface area contributed by atoms with Crippen LogP contribution in [0.1, 0.15) is 12.8 Å². The fourth-order valence-electron chi connectivity index (χ4n) is 0.963. The molecule has 0 radical (unpaired) electrons. The van der Waals surface area contributed by atoms with E-state index in [0.717, 1.165) is 0 Å². The third kappa shape index (κ3) is 2.22. The topological polar surface area (TPSA) is 46.2 Å². The largest absolute Gasteiger partial charge is 0.347 e. The summed E-state index contributed by atoms with van der Waals surface area (Å²) in [7, 11) is 0. The van der Waals surface area contributed by atoms with Gasteiger partial charge in [-0.3, -0.25) is 9.59 Å². The molecule has 0 unspecified atom stereocenters. The van der Waals surface area contributed by atoms with Crippen molar-refractivity contribution >= 4 is 23.5 Å². The van der Waals surface area contributed by atoms with Crippen molar-refractivity contribution in [1.82, 2.24) is 5.32 Å². The second-order valence-electron chi connectivity index (χ2n) is 2.62. The number of carbonyl (C=O) groups excluding carboxylic acids is 2. The molecule has 0 atom stereocenters. The summed E-state index contributed by atoms with van der Waals surface area (Å²) in [6.07, 6.45) is 2.81. The summed E-state index contributed by atoms with van der Waals surface area (Å²) in [4.78, 5) is 21.6. The molecule has 3 nitrogen and oxygen atoms in total. The molecule has 1 N–H and O–H groups in total. The highest BCUT2D eigenvalue weighted by Gasteiger charge is 2.32. The molecule has 0 heterocycles. The maximum absolute atomic E-state index is 11.1. The maximum atomic E-state index is 11.1. The zero-order valence-electron chi connectivity index (χ0n) is 6.42. The minimum Gasteiger partial charge on any atom is -0.347 e. The van der Waals surface area contributed by atoms with E-state index in [4.69, 9.17) is 0 Å². The first-order valence-electron chi connectivity index (χ1n) is 3.52. The van der Waals surface area contributed by atoms with Gasteiger partial charge in [0.25, 0.3) is 0 Å². The quantitative estimate of drug-likeness (QED) is 0.628. The van der Waals surface area contributed by atoms with Gasteiger partial charge in [-0.15, -0.1) is 11.8 Å². The highest BCUT2D eigenvalue weighted by atomic mass is 32.2. The fraction of sp³-hybridized carbons (Fsp3) is 0.714. The predicted molar refractivity (Wildman–Crippen MR) is 44.3 cm³/mol. The van der Waals surface area contributed by atoms with Gasteiger partial charge in [0.2, 0.25) is 5.91 Å². The molecule has 1 saturated carbocycles. The molecule has 11 heavy (non-hydrogen) atoms. The Morgan fingerprint density at radius 2 is 2.36 bits per heavy atom. The van der Waals surface area contributed by atoms with Crippen LogP contribution in [0.25, 0.3) is 0 Å². The van der Waals surface area contributed by atoms with Crippen molar-refractivity contribution in [3.05, 3.63) is 0 Å². The Morgan fingerprint density at radius 1 is 1.73 bits per heavy atom. The van der Waals surface area contributed by atoms with Crippen molar-refractivity contribution in [1.29, 1.82) is 0 Å². The highest BCUT2D eigenvalue weighted by molar-refractivity contribution is 7.98. The van der Waals surface area contributed by atoms with E-state index >= 15 is 0 Å². The van der Waals surface area contributed by atoms with Crippen molar-refractivity contribution in [3.8, 4) is 0 Å². The smallest absolute Gasteiger partial charge is 0.224 e. The van der Waals surface area contributed by atoms with Crippen LogP contribution in [0.3, 0.4) is 0 Å². The molecule has 1 aliphatic rings. The van der Waals surface area contributed by atoms with Gasteiger partial charge in [-0.1, -0.05) is 0 Å². The highest BCUT2D eigenvalue weighted by Crippen LogP contribution is 2.22. The van der Waals surface area contributed by atoms with E-state index in [0.29, 0.717) is 18.7 Å². The molecule has 1 fully saturated rings. The summed E-state index contributed by atoms with van der Waals surface area (Å²) >= 11 is 1.57. The van der Waals surface area contributed by atoms with Crippen molar-refractivity contribution in [2.45, 2.75) is 12.8 Å². The number of hydrogen-bond acceptors (Lipinski definition) is 3. The van der Waals surface area contributed by atoms with E-state index in [1.165, 1.54) is 0 Å². The molecule has 0 spiro atoms. The first-order valence-corrected chi connectivity index (χ1v) is 4.91. The molecule has 0 aromatic rings. The lowest BCUT2D eigenvalue weighted by molar-refractivity contribution is -0.137. The molecule has 0 aromatic carbocycles. The summed E-state index contributed by atoms with van der Waals surface area (Å²) in [6, 6.07) is 0. The Hall–Kier alpha value is -0.510. The van der Waals surface area contributed by atoms with Crippen LogP contribution in [-0.4, -0.2) is 23.8 Å². The van der Waals surface area contributed by atoms with Crippen LogP contribution >= 0.6 is 11.8 Å². The van der Waals surface area contributed by atoms with E-state index in [-0.39, 0.29) is 17.6 Å². The Bertz CT molecular complexity index is 173. The fourth-order valence-corrected chi connectivity index (χ4v) is 1.25. The van der Waals surface area contributed by atoms with Crippen molar-refractivity contribution in [2.24, 2.45) is 5.92 Å². The number of Topliss-reactive ketones (excluding diaryl/α,β-unsaturated/α-hetero) is 1. The van der Waals surface area contributed by atoms with Crippen molar-refractivity contribution < 1.29 is 9.59 Å². The summed E-state index contributed by atoms with van der Waals surface area (Å²) in [6.45, 7) is 0. The van der Waals surface area contributed by atoms with Crippen LogP contribution in [0.15, 0.2) is 0 Å². The Balaban J connectivity index is 2.16. The van der Waals surface area contributed by atoms with Gasteiger partial charge in [0, 0.05) is 12.8 Å². The number of hydrogen-bond donors (Lipinski definition) is 1. The van der Waals surface area contributed by atoms with Gasteiger partial charge in [-0.05, 0) is 6.26 Å². The maximum Gasteiger partial charge on any atom is 0.224 e. The second kappa shape index (κ2) is 3.76. The number of carbonyl (C=O) groups is 2. The van der Waals surface area contributed by atoms with Gasteiger partial charge in [-0.25, -0.2) is 0 Å². The van der Waals surface area contributed by atoms with E-state index in [1.807, 2.05) is 6.26 Å². The van der Waals surface area contributed by atoms with Crippen LogP contribution in [0.5, 0.6) is 0 Å². The zero-order chi connectivity index (χ0) is 8.27. The van der Waals surface area contributed by atoms with E-state index in [2.05, 4.69) is 5.32 Å². The van der Waals surface area contributed by atoms with Crippen LogP contribution in [-0.2, 0) is 9.59 Å². The van der Waals surface area contributed by atoms with E-state index < -0.39 is 0 Å². The third-order valence-electron chi connectivity index (χ3n) is 1.71. The van der Waals surface area contributed by atoms with Crippen molar-refractivity contribution in [2.75, 3.05) is 12.1 Å². The zero-order valence-corrected chi connectivity index (χ0v) is 7.24. The number of thioether (sulfide) groups is 1. The predicted octanol–water partition coefficient (Wildman–Crippen LogP) is 0.402.